The van der Waals surface area contributed by atoms with Gasteiger partial charge in [-0.05, 0) is 48.9 Å². The third-order valence-electron chi connectivity index (χ3n) is 4.06. The summed E-state index contributed by atoms with van der Waals surface area (Å²) in [4.78, 5) is 28.9. The predicted molar refractivity (Wildman–Crippen MR) is 104 cm³/mol. The van der Waals surface area contributed by atoms with Gasteiger partial charge in [0.1, 0.15) is 28.8 Å². The number of aromatic nitrogens is 1. The second kappa shape index (κ2) is 8.47. The number of methoxy groups -OCH3 is 1. The molecule has 0 spiro atoms. The summed E-state index contributed by atoms with van der Waals surface area (Å²) in [7, 11) is 1.48. The van der Waals surface area contributed by atoms with E-state index in [-0.39, 0.29) is 11.3 Å². The number of hydrogen-bond acceptors (Lipinski definition) is 4. The van der Waals surface area contributed by atoms with Crippen LogP contribution in [0.5, 0.6) is 5.75 Å². The average molecular weight is 397 g/mol. The largest absolute Gasteiger partial charge is 0.495 e. The Kier molecular flexibility index (Phi) is 5.82. The fraction of sp³-hybridized carbons (Fsp3) is 0.0952. The smallest absolute Gasteiger partial charge is 0.274 e. The fourth-order valence-corrected chi connectivity index (χ4v) is 2.60. The second-order valence-corrected chi connectivity index (χ2v) is 6.14. The van der Waals surface area contributed by atoms with Crippen molar-refractivity contribution >= 4 is 23.2 Å². The molecule has 0 saturated heterocycles. The summed E-state index contributed by atoms with van der Waals surface area (Å²) in [5, 5.41) is 4.84. The molecule has 0 saturated carbocycles. The van der Waals surface area contributed by atoms with Crippen LogP contribution in [0.3, 0.4) is 0 Å². The van der Waals surface area contributed by atoms with Gasteiger partial charge in [-0.25, -0.2) is 8.78 Å². The molecular formula is C21H17F2N3O3. The van der Waals surface area contributed by atoms with Crippen LogP contribution in [0.4, 0.5) is 20.2 Å². The highest BCUT2D eigenvalue weighted by molar-refractivity contribution is 6.08. The number of nitrogens with one attached hydrogen (secondary N) is 2. The molecule has 0 fully saturated rings. The first-order valence-corrected chi connectivity index (χ1v) is 8.56. The minimum absolute atomic E-state index is 0.0176. The van der Waals surface area contributed by atoms with Crippen molar-refractivity contribution < 1.29 is 23.1 Å². The predicted octanol–water partition coefficient (Wildman–Crippen LogP) is 4.18. The van der Waals surface area contributed by atoms with Crippen molar-refractivity contribution in [1.82, 2.24) is 4.98 Å². The SMILES string of the molecule is COc1ccc(C)cc1NC(=O)c1cc(C(=O)Nc2c(F)cccc2F)ccn1. The van der Waals surface area contributed by atoms with Crippen LogP contribution >= 0.6 is 0 Å². The number of benzene rings is 2. The van der Waals surface area contributed by atoms with Gasteiger partial charge in [0.15, 0.2) is 0 Å². The van der Waals surface area contributed by atoms with Crippen molar-refractivity contribution in [2.75, 3.05) is 17.7 Å². The van der Waals surface area contributed by atoms with Crippen molar-refractivity contribution in [2.45, 2.75) is 6.92 Å². The van der Waals surface area contributed by atoms with Crippen LogP contribution in [0.25, 0.3) is 0 Å². The molecule has 0 bridgehead atoms. The van der Waals surface area contributed by atoms with Gasteiger partial charge in [0, 0.05) is 11.8 Å². The number of hydrogen-bond donors (Lipinski definition) is 2. The zero-order valence-corrected chi connectivity index (χ0v) is 15.6. The maximum Gasteiger partial charge on any atom is 0.274 e. The molecule has 0 aliphatic carbocycles. The monoisotopic (exact) mass is 397 g/mol. The summed E-state index contributed by atoms with van der Waals surface area (Å²) < 4.78 is 32.7. The zero-order valence-electron chi connectivity index (χ0n) is 15.6. The van der Waals surface area contributed by atoms with Crippen molar-refractivity contribution in [1.29, 1.82) is 0 Å². The number of para-hydroxylation sites is 1. The minimum atomic E-state index is -0.906. The van der Waals surface area contributed by atoms with E-state index in [2.05, 4.69) is 15.6 Å². The normalized spacial score (nSPS) is 10.3. The Balaban J connectivity index is 1.81. The van der Waals surface area contributed by atoms with E-state index in [0.717, 1.165) is 17.7 Å². The lowest BCUT2D eigenvalue weighted by molar-refractivity contribution is 0.102. The molecule has 2 aromatic carbocycles. The molecule has 29 heavy (non-hydrogen) atoms. The number of halogens is 2. The molecule has 1 heterocycles. The number of carbonyl (C=O) groups excluding carboxylic acids is 2. The van der Waals surface area contributed by atoms with Crippen LogP contribution in [0, 0.1) is 18.6 Å². The van der Waals surface area contributed by atoms with E-state index >= 15 is 0 Å². The van der Waals surface area contributed by atoms with Crippen molar-refractivity contribution in [3.63, 3.8) is 0 Å². The molecule has 3 aromatic rings. The third-order valence-corrected chi connectivity index (χ3v) is 4.06. The molecule has 148 valence electrons. The molecule has 6 nitrogen and oxygen atoms in total. The molecule has 0 radical (unpaired) electrons. The average Bonchev–Trinajstić information content (AvgIpc) is 2.71. The number of carbonyl (C=O) groups is 2. The number of nitrogens with zero attached hydrogens (tertiary/aromatic N) is 1. The Morgan fingerprint density at radius 2 is 1.69 bits per heavy atom. The number of amides is 2. The summed E-state index contributed by atoms with van der Waals surface area (Å²) in [6.45, 7) is 1.86. The van der Waals surface area contributed by atoms with Crippen LogP contribution < -0.4 is 15.4 Å². The van der Waals surface area contributed by atoms with E-state index in [0.29, 0.717) is 11.4 Å². The van der Waals surface area contributed by atoms with Gasteiger partial charge in [-0.15, -0.1) is 0 Å². The summed E-state index contributed by atoms with van der Waals surface area (Å²) >= 11 is 0. The van der Waals surface area contributed by atoms with Gasteiger partial charge in [0.2, 0.25) is 0 Å². The molecule has 8 heteroatoms. The van der Waals surface area contributed by atoms with Gasteiger partial charge in [0.25, 0.3) is 11.8 Å². The van der Waals surface area contributed by atoms with E-state index in [9.17, 15) is 18.4 Å². The summed E-state index contributed by atoms with van der Waals surface area (Å²) in [6.07, 6.45) is 1.26. The van der Waals surface area contributed by atoms with Crippen LogP contribution in [-0.4, -0.2) is 23.9 Å². The lowest BCUT2D eigenvalue weighted by atomic mass is 10.1. The topological polar surface area (TPSA) is 80.3 Å². The molecule has 0 atom stereocenters. The quantitative estimate of drug-likeness (QED) is 0.677. The van der Waals surface area contributed by atoms with Crippen LogP contribution in [0.2, 0.25) is 0 Å². The van der Waals surface area contributed by atoms with Gasteiger partial charge in [0.05, 0.1) is 12.8 Å². The van der Waals surface area contributed by atoms with Gasteiger partial charge >= 0.3 is 0 Å². The first kappa shape index (κ1) is 19.9. The number of pyridine rings is 1. The Morgan fingerprint density at radius 3 is 2.38 bits per heavy atom. The van der Waals surface area contributed by atoms with E-state index in [4.69, 9.17) is 4.74 Å². The summed E-state index contributed by atoms with van der Waals surface area (Å²) in [5.74, 6) is -2.69. The van der Waals surface area contributed by atoms with Crippen LogP contribution in [0.1, 0.15) is 26.4 Å². The van der Waals surface area contributed by atoms with Crippen molar-refractivity contribution in [3.05, 3.63) is 83.2 Å². The van der Waals surface area contributed by atoms with E-state index in [1.165, 1.54) is 31.5 Å². The fourth-order valence-electron chi connectivity index (χ4n) is 2.60. The lowest BCUT2D eigenvalue weighted by Gasteiger charge is -2.11. The molecule has 1 aromatic heterocycles. The second-order valence-electron chi connectivity index (χ2n) is 6.14. The number of anilines is 2. The van der Waals surface area contributed by atoms with Gasteiger partial charge in [-0.3, -0.25) is 14.6 Å². The maximum atomic E-state index is 13.7. The molecule has 3 rings (SSSR count). The number of aryl methyl sites for hydroxylation is 1. The van der Waals surface area contributed by atoms with Gasteiger partial charge in [-0.1, -0.05) is 12.1 Å². The van der Waals surface area contributed by atoms with E-state index in [1.54, 1.807) is 12.1 Å². The minimum Gasteiger partial charge on any atom is -0.495 e. The first-order valence-electron chi connectivity index (χ1n) is 8.56. The first-order chi connectivity index (χ1) is 13.9. The highest BCUT2D eigenvalue weighted by Crippen LogP contribution is 2.25. The Labute approximate surface area is 165 Å². The Bertz CT molecular complexity index is 1070. The Morgan fingerprint density at radius 1 is 0.966 bits per heavy atom. The summed E-state index contributed by atoms with van der Waals surface area (Å²) in [5.41, 5.74) is 0.765. The molecule has 0 aliphatic heterocycles. The summed E-state index contributed by atoms with van der Waals surface area (Å²) in [6, 6.07) is 11.1. The highest BCUT2D eigenvalue weighted by Gasteiger charge is 2.17. The number of ether oxygens (including phenoxy) is 1. The highest BCUT2D eigenvalue weighted by atomic mass is 19.1. The molecule has 0 unspecified atom stereocenters. The van der Waals surface area contributed by atoms with E-state index < -0.39 is 29.1 Å². The molecule has 2 amide bonds. The standard InChI is InChI=1S/C21H17F2N3O3/c1-12-6-7-18(29-2)16(10-12)25-21(28)17-11-13(8-9-24-17)20(27)26-19-14(22)4-3-5-15(19)23/h3-11H,1-2H3,(H,25,28)(H,26,27). The van der Waals surface area contributed by atoms with Crippen LogP contribution in [-0.2, 0) is 0 Å². The lowest BCUT2D eigenvalue weighted by Crippen LogP contribution is -2.18. The zero-order chi connectivity index (χ0) is 21.0. The maximum absolute atomic E-state index is 13.7. The van der Waals surface area contributed by atoms with E-state index in [1.807, 2.05) is 13.0 Å². The molecule has 0 aliphatic rings. The van der Waals surface area contributed by atoms with Crippen molar-refractivity contribution in [2.24, 2.45) is 0 Å². The van der Waals surface area contributed by atoms with Crippen molar-refractivity contribution in [3.8, 4) is 5.75 Å². The number of rotatable bonds is 5. The van der Waals surface area contributed by atoms with Gasteiger partial charge < -0.3 is 15.4 Å². The molecular weight excluding hydrogens is 380 g/mol. The Hall–Kier alpha value is -3.81. The van der Waals surface area contributed by atoms with Crippen LogP contribution in [0.15, 0.2) is 54.7 Å². The van der Waals surface area contributed by atoms with Gasteiger partial charge in [-0.2, -0.15) is 0 Å². The molecule has 2 N–H and O–H groups in total. The third kappa shape index (κ3) is 4.55.